The lowest BCUT2D eigenvalue weighted by Crippen LogP contribution is -2.49. The lowest BCUT2D eigenvalue weighted by Gasteiger charge is -2.22. The van der Waals surface area contributed by atoms with E-state index in [1.54, 1.807) is 36.3 Å². The van der Waals surface area contributed by atoms with Crippen LogP contribution in [0.5, 0.6) is 5.75 Å². The largest absolute Gasteiger partial charge is 0.497 e. The van der Waals surface area contributed by atoms with Crippen LogP contribution in [0.1, 0.15) is 42.6 Å². The summed E-state index contributed by atoms with van der Waals surface area (Å²) in [5, 5.41) is 5.72. The first-order chi connectivity index (χ1) is 14.9. The maximum Gasteiger partial charge on any atom is 0.251 e. The molecule has 0 aromatic heterocycles. The highest BCUT2D eigenvalue weighted by molar-refractivity contribution is 5.97. The van der Waals surface area contributed by atoms with Crippen molar-refractivity contribution in [3.05, 3.63) is 59.7 Å². The molecule has 1 aliphatic rings. The van der Waals surface area contributed by atoms with Crippen LogP contribution in [-0.2, 0) is 16.1 Å². The van der Waals surface area contributed by atoms with Gasteiger partial charge in [0.2, 0.25) is 11.8 Å². The topological polar surface area (TPSA) is 87.7 Å². The van der Waals surface area contributed by atoms with Gasteiger partial charge < -0.3 is 20.3 Å². The smallest absolute Gasteiger partial charge is 0.251 e. The molecular weight excluding hydrogens is 394 g/mol. The average Bonchev–Trinajstić information content (AvgIpc) is 3.21. The van der Waals surface area contributed by atoms with Crippen molar-refractivity contribution in [1.82, 2.24) is 10.6 Å². The maximum atomic E-state index is 12.7. The second-order valence-electron chi connectivity index (χ2n) is 7.96. The normalized spacial score (nSPS) is 14.5. The molecule has 1 atom stereocenters. The fraction of sp³-hybridized carbons (Fsp3) is 0.375. The first-order valence-electron chi connectivity index (χ1n) is 10.5. The number of carbonyl (C=O) groups excluding carboxylic acids is 3. The van der Waals surface area contributed by atoms with Crippen LogP contribution in [-0.4, -0.2) is 37.4 Å². The first kappa shape index (κ1) is 22.3. The standard InChI is InChI=1S/C24H29N3O4/c1-16(2)22(26-23(29)18-8-12-20(31-3)13-9-18)24(30)25-15-17-6-10-19(11-7-17)27-14-4-5-21(27)28/h6-13,16,22H,4-5,14-15H2,1-3H3,(H,25,30)(H,26,29)/t22-/m0/s1. The summed E-state index contributed by atoms with van der Waals surface area (Å²) in [6.07, 6.45) is 1.48. The van der Waals surface area contributed by atoms with Gasteiger partial charge in [-0.05, 0) is 54.3 Å². The number of rotatable bonds is 8. The maximum absolute atomic E-state index is 12.7. The Kier molecular flexibility index (Phi) is 7.28. The number of carbonyl (C=O) groups is 3. The summed E-state index contributed by atoms with van der Waals surface area (Å²) in [5.41, 5.74) is 2.27. The lowest BCUT2D eigenvalue weighted by atomic mass is 10.0. The van der Waals surface area contributed by atoms with E-state index in [0.717, 1.165) is 24.2 Å². The van der Waals surface area contributed by atoms with Gasteiger partial charge in [-0.15, -0.1) is 0 Å². The van der Waals surface area contributed by atoms with Gasteiger partial charge in [0.15, 0.2) is 0 Å². The van der Waals surface area contributed by atoms with Gasteiger partial charge in [0.05, 0.1) is 7.11 Å². The van der Waals surface area contributed by atoms with Crippen LogP contribution in [0.2, 0.25) is 0 Å². The molecule has 2 aromatic rings. The number of ether oxygens (including phenoxy) is 1. The van der Waals surface area contributed by atoms with Crippen LogP contribution in [0.15, 0.2) is 48.5 Å². The Labute approximate surface area is 182 Å². The van der Waals surface area contributed by atoms with Crippen molar-refractivity contribution in [3.63, 3.8) is 0 Å². The van der Waals surface area contributed by atoms with E-state index in [-0.39, 0.29) is 23.6 Å². The predicted octanol–water partition coefficient (Wildman–Crippen LogP) is 2.89. The van der Waals surface area contributed by atoms with E-state index in [4.69, 9.17) is 4.74 Å². The van der Waals surface area contributed by atoms with Gasteiger partial charge in [-0.1, -0.05) is 26.0 Å². The number of benzene rings is 2. The molecule has 7 heteroatoms. The van der Waals surface area contributed by atoms with E-state index in [0.29, 0.717) is 24.3 Å². The van der Waals surface area contributed by atoms with E-state index in [2.05, 4.69) is 10.6 Å². The predicted molar refractivity (Wildman–Crippen MR) is 119 cm³/mol. The summed E-state index contributed by atoms with van der Waals surface area (Å²) >= 11 is 0. The third-order valence-corrected chi connectivity index (χ3v) is 5.38. The molecule has 0 aliphatic carbocycles. The van der Waals surface area contributed by atoms with Gasteiger partial charge in [-0.2, -0.15) is 0 Å². The molecule has 164 valence electrons. The fourth-order valence-corrected chi connectivity index (χ4v) is 3.52. The van der Waals surface area contributed by atoms with Gasteiger partial charge >= 0.3 is 0 Å². The molecule has 1 aliphatic heterocycles. The minimum Gasteiger partial charge on any atom is -0.497 e. The van der Waals surface area contributed by atoms with Crippen LogP contribution in [0, 0.1) is 5.92 Å². The minimum atomic E-state index is -0.656. The molecule has 31 heavy (non-hydrogen) atoms. The van der Waals surface area contributed by atoms with Gasteiger partial charge in [-0.3, -0.25) is 14.4 Å². The number of amides is 3. The molecule has 3 rings (SSSR count). The number of methoxy groups -OCH3 is 1. The Morgan fingerprint density at radius 1 is 1.06 bits per heavy atom. The molecule has 0 bridgehead atoms. The molecule has 7 nitrogen and oxygen atoms in total. The fourth-order valence-electron chi connectivity index (χ4n) is 3.52. The van der Waals surface area contributed by atoms with Crippen molar-refractivity contribution in [3.8, 4) is 5.75 Å². The highest BCUT2D eigenvalue weighted by Crippen LogP contribution is 2.21. The lowest BCUT2D eigenvalue weighted by molar-refractivity contribution is -0.124. The van der Waals surface area contributed by atoms with E-state index in [1.807, 2.05) is 38.1 Å². The highest BCUT2D eigenvalue weighted by atomic mass is 16.5. The van der Waals surface area contributed by atoms with Crippen molar-refractivity contribution in [2.45, 2.75) is 39.3 Å². The Morgan fingerprint density at radius 2 is 1.74 bits per heavy atom. The summed E-state index contributed by atoms with van der Waals surface area (Å²) < 4.78 is 5.11. The SMILES string of the molecule is COc1ccc(C(=O)N[C@H](C(=O)NCc2ccc(N3CCCC3=O)cc2)C(C)C)cc1. The molecule has 2 aromatic carbocycles. The van der Waals surface area contributed by atoms with Crippen LogP contribution in [0.25, 0.3) is 0 Å². The third-order valence-electron chi connectivity index (χ3n) is 5.38. The van der Waals surface area contributed by atoms with Crippen LogP contribution >= 0.6 is 0 Å². The Bertz CT molecular complexity index is 923. The van der Waals surface area contributed by atoms with Crippen molar-refractivity contribution in [2.24, 2.45) is 5.92 Å². The molecule has 1 fully saturated rings. The van der Waals surface area contributed by atoms with Crippen molar-refractivity contribution < 1.29 is 19.1 Å². The second-order valence-corrected chi connectivity index (χ2v) is 7.96. The zero-order valence-electron chi connectivity index (χ0n) is 18.2. The molecule has 3 amide bonds. The van der Waals surface area contributed by atoms with Gasteiger partial charge in [0.25, 0.3) is 5.91 Å². The first-order valence-corrected chi connectivity index (χ1v) is 10.5. The van der Waals surface area contributed by atoms with Crippen molar-refractivity contribution >= 4 is 23.4 Å². The summed E-state index contributed by atoms with van der Waals surface area (Å²) in [5.74, 6) is 0.181. The van der Waals surface area contributed by atoms with Gasteiger partial charge in [-0.25, -0.2) is 0 Å². The second kappa shape index (κ2) is 10.1. The number of anilines is 1. The Morgan fingerprint density at radius 3 is 2.29 bits per heavy atom. The summed E-state index contributed by atoms with van der Waals surface area (Å²) in [4.78, 5) is 39.0. The molecule has 0 saturated carbocycles. The van der Waals surface area contributed by atoms with Crippen molar-refractivity contribution in [1.29, 1.82) is 0 Å². The number of nitrogens with zero attached hydrogens (tertiary/aromatic N) is 1. The number of hydrogen-bond acceptors (Lipinski definition) is 4. The van der Waals surface area contributed by atoms with E-state index >= 15 is 0 Å². The summed E-state index contributed by atoms with van der Waals surface area (Å²) in [7, 11) is 1.56. The molecule has 1 heterocycles. The van der Waals surface area contributed by atoms with Crippen LogP contribution in [0.4, 0.5) is 5.69 Å². The molecule has 2 N–H and O–H groups in total. The van der Waals surface area contributed by atoms with Crippen LogP contribution < -0.4 is 20.3 Å². The molecule has 0 unspecified atom stereocenters. The quantitative estimate of drug-likeness (QED) is 0.683. The third kappa shape index (κ3) is 5.63. The minimum absolute atomic E-state index is 0.0780. The Balaban J connectivity index is 1.57. The van der Waals surface area contributed by atoms with Crippen molar-refractivity contribution in [2.75, 3.05) is 18.6 Å². The summed E-state index contributed by atoms with van der Waals surface area (Å²) in [6.45, 7) is 4.87. The molecule has 0 radical (unpaired) electrons. The van der Waals surface area contributed by atoms with Gasteiger partial charge in [0.1, 0.15) is 11.8 Å². The zero-order chi connectivity index (χ0) is 22.4. The highest BCUT2D eigenvalue weighted by Gasteiger charge is 2.25. The number of hydrogen-bond donors (Lipinski definition) is 2. The van der Waals surface area contributed by atoms with E-state index in [1.165, 1.54) is 0 Å². The van der Waals surface area contributed by atoms with Gasteiger partial charge in [0, 0.05) is 30.8 Å². The molecule has 0 spiro atoms. The zero-order valence-corrected chi connectivity index (χ0v) is 18.2. The monoisotopic (exact) mass is 423 g/mol. The van der Waals surface area contributed by atoms with E-state index in [9.17, 15) is 14.4 Å². The Hall–Kier alpha value is -3.35. The van der Waals surface area contributed by atoms with E-state index < -0.39 is 6.04 Å². The van der Waals surface area contributed by atoms with Crippen LogP contribution in [0.3, 0.4) is 0 Å². The summed E-state index contributed by atoms with van der Waals surface area (Å²) in [6, 6.07) is 13.7. The molecule has 1 saturated heterocycles. The average molecular weight is 424 g/mol. The number of nitrogens with one attached hydrogen (secondary N) is 2. The molecular formula is C24H29N3O4.